The second-order valence-corrected chi connectivity index (χ2v) is 4.31. The minimum atomic E-state index is 0.234. The van der Waals surface area contributed by atoms with Crippen LogP contribution in [0.4, 0.5) is 5.69 Å². The second kappa shape index (κ2) is 4.23. The van der Waals surface area contributed by atoms with Gasteiger partial charge in [0.15, 0.2) is 5.11 Å². The zero-order valence-corrected chi connectivity index (χ0v) is 10.2. The van der Waals surface area contributed by atoms with Gasteiger partial charge in [0.2, 0.25) is 0 Å². The molecule has 3 N–H and O–H groups in total. The van der Waals surface area contributed by atoms with Crippen LogP contribution in [0.1, 0.15) is 5.56 Å². The van der Waals surface area contributed by atoms with Crippen LogP contribution in [-0.4, -0.2) is 10.1 Å². The minimum Gasteiger partial charge on any atom is -0.376 e. The van der Waals surface area contributed by atoms with E-state index in [0.717, 1.165) is 22.2 Å². The first-order valence-corrected chi connectivity index (χ1v) is 5.48. The Balaban J connectivity index is 2.57. The van der Waals surface area contributed by atoms with E-state index in [2.05, 4.69) is 10.3 Å². The summed E-state index contributed by atoms with van der Waals surface area (Å²) in [6.45, 7) is 2.00. The van der Waals surface area contributed by atoms with Gasteiger partial charge in [0.25, 0.3) is 0 Å². The highest BCUT2D eigenvalue weighted by Crippen LogP contribution is 2.23. The summed E-state index contributed by atoms with van der Waals surface area (Å²) in [5.41, 5.74) is 8.14. The molecule has 1 aromatic heterocycles. The molecule has 16 heavy (non-hydrogen) atoms. The van der Waals surface area contributed by atoms with Crippen molar-refractivity contribution in [2.24, 2.45) is 5.73 Å². The molecule has 0 atom stereocenters. The molecule has 0 aliphatic carbocycles. The lowest BCUT2D eigenvalue weighted by Gasteiger charge is -2.07. The van der Waals surface area contributed by atoms with E-state index in [1.54, 1.807) is 0 Å². The van der Waals surface area contributed by atoms with Gasteiger partial charge in [0.1, 0.15) is 5.15 Å². The number of pyridine rings is 1. The zero-order chi connectivity index (χ0) is 11.7. The molecule has 0 amide bonds. The SMILES string of the molecule is Cc1cc(Cl)nc2cc(NC(N)=S)ccc12. The highest BCUT2D eigenvalue weighted by molar-refractivity contribution is 7.80. The fourth-order valence-corrected chi connectivity index (χ4v) is 1.95. The van der Waals surface area contributed by atoms with E-state index in [-0.39, 0.29) is 5.11 Å². The van der Waals surface area contributed by atoms with Gasteiger partial charge in [0.05, 0.1) is 5.52 Å². The zero-order valence-electron chi connectivity index (χ0n) is 8.62. The number of rotatable bonds is 1. The van der Waals surface area contributed by atoms with Crippen molar-refractivity contribution in [3.05, 3.63) is 35.0 Å². The number of nitrogens with two attached hydrogens (primary N) is 1. The van der Waals surface area contributed by atoms with Crippen LogP contribution >= 0.6 is 23.8 Å². The fourth-order valence-electron chi connectivity index (χ4n) is 1.58. The van der Waals surface area contributed by atoms with E-state index < -0.39 is 0 Å². The van der Waals surface area contributed by atoms with Gasteiger partial charge in [-0.05, 0) is 42.9 Å². The van der Waals surface area contributed by atoms with Gasteiger partial charge in [-0.2, -0.15) is 0 Å². The average molecular weight is 252 g/mol. The molecule has 5 heteroatoms. The Kier molecular flexibility index (Phi) is 2.94. The summed E-state index contributed by atoms with van der Waals surface area (Å²) in [4.78, 5) is 4.25. The topological polar surface area (TPSA) is 50.9 Å². The summed E-state index contributed by atoms with van der Waals surface area (Å²) in [6, 6.07) is 7.58. The number of thiocarbonyl (C=S) groups is 1. The monoisotopic (exact) mass is 251 g/mol. The summed E-state index contributed by atoms with van der Waals surface area (Å²) in [5, 5.41) is 4.65. The summed E-state index contributed by atoms with van der Waals surface area (Å²) >= 11 is 10.7. The van der Waals surface area contributed by atoms with E-state index in [4.69, 9.17) is 29.6 Å². The smallest absolute Gasteiger partial charge is 0.168 e. The number of nitrogens with one attached hydrogen (secondary N) is 1. The maximum Gasteiger partial charge on any atom is 0.168 e. The highest BCUT2D eigenvalue weighted by atomic mass is 35.5. The standard InChI is InChI=1S/C11H10ClN3S/c1-6-4-10(12)15-9-5-7(14-11(13)16)2-3-8(6)9/h2-5H,1H3,(H3,13,14,16). The molecule has 0 radical (unpaired) electrons. The Hall–Kier alpha value is -1.39. The maximum absolute atomic E-state index is 5.90. The Morgan fingerprint density at radius 3 is 2.88 bits per heavy atom. The Morgan fingerprint density at radius 1 is 1.44 bits per heavy atom. The Morgan fingerprint density at radius 2 is 2.19 bits per heavy atom. The lowest BCUT2D eigenvalue weighted by molar-refractivity contribution is 1.37. The summed E-state index contributed by atoms with van der Waals surface area (Å²) in [7, 11) is 0. The Bertz CT molecular complexity index is 568. The van der Waals surface area contributed by atoms with Crippen LogP contribution in [-0.2, 0) is 0 Å². The predicted molar refractivity (Wildman–Crippen MR) is 71.9 cm³/mol. The molecule has 0 unspecified atom stereocenters. The van der Waals surface area contributed by atoms with Crippen molar-refractivity contribution in [2.75, 3.05) is 5.32 Å². The number of benzene rings is 1. The first kappa shape index (κ1) is 11.1. The third-order valence-electron chi connectivity index (χ3n) is 2.25. The van der Waals surface area contributed by atoms with Crippen LogP contribution < -0.4 is 11.1 Å². The van der Waals surface area contributed by atoms with Crippen LogP contribution in [0, 0.1) is 6.92 Å². The third-order valence-corrected chi connectivity index (χ3v) is 2.55. The largest absolute Gasteiger partial charge is 0.376 e. The van der Waals surface area contributed by atoms with Gasteiger partial charge in [-0.15, -0.1) is 0 Å². The van der Waals surface area contributed by atoms with E-state index in [0.29, 0.717) is 5.15 Å². The molecule has 1 heterocycles. The van der Waals surface area contributed by atoms with Crippen molar-refractivity contribution in [3.8, 4) is 0 Å². The van der Waals surface area contributed by atoms with Gasteiger partial charge < -0.3 is 11.1 Å². The fraction of sp³-hybridized carbons (Fsp3) is 0.0909. The van der Waals surface area contributed by atoms with E-state index in [1.165, 1.54) is 0 Å². The van der Waals surface area contributed by atoms with Crippen LogP contribution in [0.2, 0.25) is 5.15 Å². The van der Waals surface area contributed by atoms with Crippen LogP contribution in [0.25, 0.3) is 10.9 Å². The molecule has 0 aliphatic heterocycles. The molecule has 0 aliphatic rings. The summed E-state index contributed by atoms with van der Waals surface area (Å²) in [6.07, 6.45) is 0. The van der Waals surface area contributed by atoms with Crippen molar-refractivity contribution < 1.29 is 0 Å². The van der Waals surface area contributed by atoms with Crippen molar-refractivity contribution in [1.29, 1.82) is 0 Å². The normalized spacial score (nSPS) is 10.4. The number of halogens is 1. The van der Waals surface area contributed by atoms with Crippen molar-refractivity contribution in [3.63, 3.8) is 0 Å². The number of hydrogen-bond donors (Lipinski definition) is 2. The van der Waals surface area contributed by atoms with E-state index in [1.807, 2.05) is 31.2 Å². The van der Waals surface area contributed by atoms with Gasteiger partial charge in [-0.3, -0.25) is 0 Å². The van der Waals surface area contributed by atoms with Crippen molar-refractivity contribution >= 4 is 45.5 Å². The van der Waals surface area contributed by atoms with Crippen LogP contribution in [0.15, 0.2) is 24.3 Å². The third kappa shape index (κ3) is 2.23. The number of aryl methyl sites for hydroxylation is 1. The molecule has 2 aromatic rings. The molecular formula is C11H10ClN3S. The number of anilines is 1. The molecular weight excluding hydrogens is 242 g/mol. The first-order valence-electron chi connectivity index (χ1n) is 4.69. The van der Waals surface area contributed by atoms with Crippen LogP contribution in [0.5, 0.6) is 0 Å². The molecule has 2 rings (SSSR count). The number of hydrogen-bond acceptors (Lipinski definition) is 2. The number of fused-ring (bicyclic) bond motifs is 1. The second-order valence-electron chi connectivity index (χ2n) is 3.48. The van der Waals surface area contributed by atoms with Crippen molar-refractivity contribution in [1.82, 2.24) is 4.98 Å². The van der Waals surface area contributed by atoms with E-state index >= 15 is 0 Å². The van der Waals surface area contributed by atoms with E-state index in [9.17, 15) is 0 Å². The number of aromatic nitrogens is 1. The van der Waals surface area contributed by atoms with Gasteiger partial charge in [-0.25, -0.2) is 4.98 Å². The van der Waals surface area contributed by atoms with Crippen LogP contribution in [0.3, 0.4) is 0 Å². The van der Waals surface area contributed by atoms with Gasteiger partial charge in [-0.1, -0.05) is 17.7 Å². The molecule has 82 valence electrons. The maximum atomic E-state index is 5.90. The highest BCUT2D eigenvalue weighted by Gasteiger charge is 2.02. The van der Waals surface area contributed by atoms with Gasteiger partial charge in [0, 0.05) is 11.1 Å². The molecule has 0 spiro atoms. The van der Waals surface area contributed by atoms with Gasteiger partial charge >= 0.3 is 0 Å². The lowest BCUT2D eigenvalue weighted by Crippen LogP contribution is -2.18. The molecule has 0 fully saturated rings. The predicted octanol–water partition coefficient (Wildman–Crippen LogP) is 2.85. The lowest BCUT2D eigenvalue weighted by atomic mass is 10.1. The summed E-state index contributed by atoms with van der Waals surface area (Å²) < 4.78 is 0. The molecule has 0 saturated carbocycles. The number of nitrogens with zero attached hydrogens (tertiary/aromatic N) is 1. The molecule has 1 aromatic carbocycles. The summed E-state index contributed by atoms with van der Waals surface area (Å²) in [5.74, 6) is 0. The molecule has 0 bridgehead atoms. The first-order chi connectivity index (χ1) is 7.56. The molecule has 3 nitrogen and oxygen atoms in total. The minimum absolute atomic E-state index is 0.234. The Labute approximate surface area is 104 Å². The van der Waals surface area contributed by atoms with Crippen molar-refractivity contribution in [2.45, 2.75) is 6.92 Å². The molecule has 0 saturated heterocycles. The quantitative estimate of drug-likeness (QED) is 0.605. The average Bonchev–Trinajstić information content (AvgIpc) is 2.15.